The third kappa shape index (κ3) is 6.88. The Morgan fingerprint density at radius 3 is 1.48 bits per heavy atom. The van der Waals surface area contributed by atoms with Crippen LogP contribution in [0.25, 0.3) is 0 Å². The Balaban J connectivity index is 0.000000331. The fraction of sp³-hybridized carbons (Fsp3) is 0.176. The zero-order chi connectivity index (χ0) is 25.7. The molecule has 0 aromatic heterocycles. The predicted molar refractivity (Wildman–Crippen MR) is 94.5 cm³/mol. The van der Waals surface area contributed by atoms with Gasteiger partial charge in [-0.25, -0.2) is 9.59 Å². The number of rotatable bonds is 4. The number of halogens is 6. The standard InChI is InChI=1S/C9H6F3NO4.C8H4F3NO4/c1-17-8(14)6-3-2-5(13(15)16)4-7(6)9(10,11)12;9-8(10,11)6-3-4(12(15)16)1-2-5(6)7(13)14/h2-4H,1H3;1-3H,(H,13,14). The lowest BCUT2D eigenvalue weighted by Gasteiger charge is -2.10. The van der Waals surface area contributed by atoms with Gasteiger partial charge in [0.15, 0.2) is 0 Å². The summed E-state index contributed by atoms with van der Waals surface area (Å²) in [5.41, 5.74) is -6.25. The van der Waals surface area contributed by atoms with Crippen molar-refractivity contribution in [2.75, 3.05) is 7.11 Å². The number of ether oxygens (including phenoxy) is 1. The highest BCUT2D eigenvalue weighted by Gasteiger charge is 2.38. The number of nitrogens with zero attached hydrogens (tertiary/aromatic N) is 2. The Labute approximate surface area is 178 Å². The van der Waals surface area contributed by atoms with Crippen LogP contribution in [0.4, 0.5) is 37.7 Å². The second-order valence-electron chi connectivity index (χ2n) is 5.77. The average molecular weight is 484 g/mol. The van der Waals surface area contributed by atoms with Crippen molar-refractivity contribution < 1.29 is 55.6 Å². The number of carbonyl (C=O) groups is 2. The van der Waals surface area contributed by atoms with Gasteiger partial charge in [-0.3, -0.25) is 20.2 Å². The van der Waals surface area contributed by atoms with Gasteiger partial charge in [0, 0.05) is 24.3 Å². The number of nitro benzene ring substituents is 2. The number of methoxy groups -OCH3 is 1. The van der Waals surface area contributed by atoms with Gasteiger partial charge in [-0.05, 0) is 12.1 Å². The molecule has 33 heavy (non-hydrogen) atoms. The highest BCUT2D eigenvalue weighted by atomic mass is 19.4. The molecular weight excluding hydrogens is 474 g/mol. The van der Waals surface area contributed by atoms with E-state index in [2.05, 4.69) is 4.74 Å². The first-order chi connectivity index (χ1) is 15.0. The molecule has 10 nitrogen and oxygen atoms in total. The van der Waals surface area contributed by atoms with Gasteiger partial charge in [0.25, 0.3) is 11.4 Å². The van der Waals surface area contributed by atoms with Gasteiger partial charge in [0.1, 0.15) is 0 Å². The van der Waals surface area contributed by atoms with Crippen molar-refractivity contribution >= 4 is 23.3 Å². The summed E-state index contributed by atoms with van der Waals surface area (Å²) in [7, 11) is 0.921. The van der Waals surface area contributed by atoms with Gasteiger partial charge in [-0.2, -0.15) is 26.3 Å². The summed E-state index contributed by atoms with van der Waals surface area (Å²) in [6, 6.07) is 3.28. The van der Waals surface area contributed by atoms with Crippen LogP contribution in [0.5, 0.6) is 0 Å². The number of benzene rings is 2. The van der Waals surface area contributed by atoms with Crippen molar-refractivity contribution in [2.24, 2.45) is 0 Å². The summed E-state index contributed by atoms with van der Waals surface area (Å²) in [4.78, 5) is 40.2. The Hall–Kier alpha value is -4.24. The predicted octanol–water partition coefficient (Wildman–Crippen LogP) is 4.71. The van der Waals surface area contributed by atoms with E-state index in [1.165, 1.54) is 0 Å². The van der Waals surface area contributed by atoms with Crippen LogP contribution in [0.15, 0.2) is 36.4 Å². The van der Waals surface area contributed by atoms with E-state index in [1.54, 1.807) is 0 Å². The second kappa shape index (κ2) is 9.92. The number of nitro groups is 2. The number of aromatic carboxylic acids is 1. The van der Waals surface area contributed by atoms with Crippen molar-refractivity contribution in [3.8, 4) is 0 Å². The molecule has 0 fully saturated rings. The van der Waals surface area contributed by atoms with Crippen molar-refractivity contribution in [3.05, 3.63) is 78.9 Å². The minimum absolute atomic E-state index is 0.198. The van der Waals surface area contributed by atoms with E-state index in [0.29, 0.717) is 24.3 Å². The number of esters is 1. The molecule has 0 saturated heterocycles. The van der Waals surface area contributed by atoms with E-state index in [4.69, 9.17) is 5.11 Å². The van der Waals surface area contributed by atoms with Gasteiger partial charge in [0.05, 0.1) is 39.2 Å². The van der Waals surface area contributed by atoms with E-state index in [9.17, 15) is 56.2 Å². The Kier molecular flexibility index (Phi) is 8.06. The molecule has 178 valence electrons. The van der Waals surface area contributed by atoms with Crippen LogP contribution in [-0.2, 0) is 17.1 Å². The molecule has 0 spiro atoms. The van der Waals surface area contributed by atoms with Crippen LogP contribution in [0.3, 0.4) is 0 Å². The van der Waals surface area contributed by atoms with Crippen LogP contribution in [-0.4, -0.2) is 34.0 Å². The first-order valence-electron chi connectivity index (χ1n) is 8.03. The molecule has 16 heteroatoms. The lowest BCUT2D eigenvalue weighted by atomic mass is 10.1. The maximum atomic E-state index is 12.6. The summed E-state index contributed by atoms with van der Waals surface area (Å²) in [5, 5.41) is 29.1. The molecule has 0 atom stereocenters. The first-order valence-corrected chi connectivity index (χ1v) is 8.03. The molecule has 0 saturated carbocycles. The van der Waals surface area contributed by atoms with E-state index in [0.717, 1.165) is 13.2 Å². The molecule has 0 aliphatic carbocycles. The summed E-state index contributed by atoms with van der Waals surface area (Å²) in [6.45, 7) is 0. The molecule has 0 unspecified atom stereocenters. The van der Waals surface area contributed by atoms with Crippen molar-refractivity contribution in [1.29, 1.82) is 0 Å². The molecule has 0 bridgehead atoms. The van der Waals surface area contributed by atoms with Gasteiger partial charge in [-0.1, -0.05) is 0 Å². The normalized spacial score (nSPS) is 11.1. The lowest BCUT2D eigenvalue weighted by Crippen LogP contribution is -2.14. The maximum absolute atomic E-state index is 12.6. The SMILES string of the molecule is COC(=O)c1ccc([N+](=O)[O-])cc1C(F)(F)F.O=C(O)c1ccc([N+](=O)[O-])cc1C(F)(F)F. The summed E-state index contributed by atoms with van der Waals surface area (Å²) in [5.74, 6) is -2.99. The molecule has 0 amide bonds. The molecule has 0 aliphatic rings. The van der Waals surface area contributed by atoms with Crippen molar-refractivity contribution in [3.63, 3.8) is 0 Å². The fourth-order valence-electron chi connectivity index (χ4n) is 2.24. The average Bonchev–Trinajstić information content (AvgIpc) is 2.71. The number of alkyl halides is 6. The van der Waals surface area contributed by atoms with Crippen LogP contribution >= 0.6 is 0 Å². The summed E-state index contributed by atoms with van der Waals surface area (Å²) in [6.07, 6.45) is -9.81. The molecule has 1 N–H and O–H groups in total. The molecule has 2 aromatic carbocycles. The first kappa shape index (κ1) is 26.8. The van der Waals surface area contributed by atoms with Crippen LogP contribution < -0.4 is 0 Å². The zero-order valence-electron chi connectivity index (χ0n) is 15.9. The van der Waals surface area contributed by atoms with Gasteiger partial charge in [0.2, 0.25) is 0 Å². The number of carboxylic acids is 1. The highest BCUT2D eigenvalue weighted by Crippen LogP contribution is 2.35. The van der Waals surface area contributed by atoms with Crippen molar-refractivity contribution in [2.45, 2.75) is 12.4 Å². The van der Waals surface area contributed by atoms with Gasteiger partial charge >= 0.3 is 24.3 Å². The Morgan fingerprint density at radius 1 is 0.818 bits per heavy atom. The molecular formula is C17H10F6N2O8. The molecule has 0 heterocycles. The third-order valence-electron chi connectivity index (χ3n) is 3.67. The van der Waals surface area contributed by atoms with E-state index in [1.807, 2.05) is 0 Å². The highest BCUT2D eigenvalue weighted by molar-refractivity contribution is 5.91. The Morgan fingerprint density at radius 2 is 1.18 bits per heavy atom. The third-order valence-corrected chi connectivity index (χ3v) is 3.67. The van der Waals surface area contributed by atoms with Crippen LogP contribution in [0.2, 0.25) is 0 Å². The second-order valence-corrected chi connectivity index (χ2v) is 5.77. The van der Waals surface area contributed by atoms with Crippen molar-refractivity contribution in [1.82, 2.24) is 0 Å². The minimum atomic E-state index is -4.94. The summed E-state index contributed by atoms with van der Waals surface area (Å²) < 4.78 is 78.9. The number of carboxylic acid groups (broad SMARTS) is 1. The lowest BCUT2D eigenvalue weighted by molar-refractivity contribution is -0.385. The maximum Gasteiger partial charge on any atom is 0.417 e. The Bertz CT molecular complexity index is 1100. The summed E-state index contributed by atoms with van der Waals surface area (Å²) >= 11 is 0. The largest absolute Gasteiger partial charge is 0.478 e. The van der Waals surface area contributed by atoms with E-state index >= 15 is 0 Å². The number of hydrogen-bond acceptors (Lipinski definition) is 7. The molecule has 0 aliphatic heterocycles. The monoisotopic (exact) mass is 484 g/mol. The van der Waals surface area contributed by atoms with Crippen LogP contribution in [0, 0.1) is 20.2 Å². The fourth-order valence-corrected chi connectivity index (χ4v) is 2.24. The van der Waals surface area contributed by atoms with Gasteiger partial charge in [-0.15, -0.1) is 0 Å². The topological polar surface area (TPSA) is 150 Å². The molecule has 2 rings (SSSR count). The minimum Gasteiger partial charge on any atom is -0.478 e. The van der Waals surface area contributed by atoms with E-state index in [-0.39, 0.29) is 6.07 Å². The molecule has 2 aromatic rings. The zero-order valence-corrected chi connectivity index (χ0v) is 15.9. The quantitative estimate of drug-likeness (QED) is 0.284. The molecule has 0 radical (unpaired) electrons. The number of carbonyl (C=O) groups excluding carboxylic acids is 1. The van der Waals surface area contributed by atoms with Gasteiger partial charge < -0.3 is 9.84 Å². The van der Waals surface area contributed by atoms with Crippen LogP contribution in [0.1, 0.15) is 31.8 Å². The number of hydrogen-bond donors (Lipinski definition) is 1. The smallest absolute Gasteiger partial charge is 0.417 e. The number of non-ortho nitro benzene ring substituents is 2. The van der Waals surface area contributed by atoms with E-state index < -0.39 is 67.8 Å².